The minimum absolute atomic E-state index is 0.0211. The molecule has 0 fully saturated rings. The molecule has 0 unspecified atom stereocenters. The van der Waals surface area contributed by atoms with Gasteiger partial charge in [-0.05, 0) is 50.6 Å². The molecule has 27 heavy (non-hydrogen) atoms. The summed E-state index contributed by atoms with van der Waals surface area (Å²) in [7, 11) is -3.93. The lowest BCUT2D eigenvalue weighted by atomic mass is 10.1. The van der Waals surface area contributed by atoms with E-state index < -0.39 is 21.5 Å². The van der Waals surface area contributed by atoms with Crippen LogP contribution in [0.1, 0.15) is 25.2 Å². The first-order chi connectivity index (χ1) is 12.6. The normalized spacial score (nSPS) is 12.4. The van der Waals surface area contributed by atoms with E-state index in [4.69, 9.17) is 5.11 Å². The zero-order chi connectivity index (χ0) is 19.8. The summed E-state index contributed by atoms with van der Waals surface area (Å²) >= 11 is 0. The first-order valence-electron chi connectivity index (χ1n) is 8.38. The van der Waals surface area contributed by atoms with Gasteiger partial charge in [0.05, 0.1) is 15.9 Å². The summed E-state index contributed by atoms with van der Waals surface area (Å²) in [5.41, 5.74) is 1.24. The molecule has 0 bridgehead atoms. The van der Waals surface area contributed by atoms with Gasteiger partial charge in [0.1, 0.15) is 11.4 Å². The average Bonchev–Trinajstić information content (AvgIpc) is 2.90. The van der Waals surface area contributed by atoms with Crippen molar-refractivity contribution in [3.63, 3.8) is 0 Å². The second kappa shape index (κ2) is 6.79. The van der Waals surface area contributed by atoms with Crippen LogP contribution in [-0.4, -0.2) is 34.6 Å². The Morgan fingerprint density at radius 1 is 1.15 bits per heavy atom. The van der Waals surface area contributed by atoms with Crippen molar-refractivity contribution in [2.24, 2.45) is 0 Å². The number of carbonyl (C=O) groups is 1. The molecule has 1 heterocycles. The fourth-order valence-corrected chi connectivity index (χ4v) is 4.16. The fraction of sp³-hybridized carbons (Fsp3) is 0.263. The number of para-hydroxylation sites is 2. The van der Waals surface area contributed by atoms with Crippen molar-refractivity contribution in [1.82, 2.24) is 14.3 Å². The predicted octanol–water partition coefficient (Wildman–Crippen LogP) is 2.53. The Morgan fingerprint density at radius 2 is 1.78 bits per heavy atom. The van der Waals surface area contributed by atoms with Gasteiger partial charge in [0.25, 0.3) is 0 Å². The van der Waals surface area contributed by atoms with Crippen LogP contribution in [0.15, 0.2) is 53.4 Å². The van der Waals surface area contributed by atoms with Gasteiger partial charge in [0.15, 0.2) is 0 Å². The van der Waals surface area contributed by atoms with Gasteiger partial charge in [0.2, 0.25) is 10.0 Å². The molecule has 142 valence electrons. The highest BCUT2D eigenvalue weighted by Gasteiger charge is 2.32. The smallest absolute Gasteiger partial charge is 0.324 e. The SMILES string of the molecule is Cc1nc2ccccc2n1Cc1ccc(S(=O)(=O)NC(C)(C)C(=O)O)cc1. The summed E-state index contributed by atoms with van der Waals surface area (Å²) < 4.78 is 29.1. The number of rotatable bonds is 6. The van der Waals surface area contributed by atoms with Gasteiger partial charge in [-0.3, -0.25) is 4.79 Å². The number of nitrogens with one attached hydrogen (secondary N) is 1. The molecule has 2 N–H and O–H groups in total. The van der Waals surface area contributed by atoms with Crippen LogP contribution in [0.4, 0.5) is 0 Å². The molecular weight excluding hydrogens is 366 g/mol. The van der Waals surface area contributed by atoms with Crippen molar-refractivity contribution in [3.05, 3.63) is 59.9 Å². The number of benzene rings is 2. The summed E-state index contributed by atoms with van der Waals surface area (Å²) in [6.07, 6.45) is 0. The number of carboxylic acid groups (broad SMARTS) is 1. The van der Waals surface area contributed by atoms with Gasteiger partial charge in [-0.1, -0.05) is 24.3 Å². The van der Waals surface area contributed by atoms with Crippen LogP contribution in [0.5, 0.6) is 0 Å². The largest absolute Gasteiger partial charge is 0.480 e. The number of aryl methyl sites for hydroxylation is 1. The zero-order valence-corrected chi connectivity index (χ0v) is 16.1. The molecule has 2 aromatic carbocycles. The van der Waals surface area contributed by atoms with Crippen LogP contribution in [0, 0.1) is 6.92 Å². The topological polar surface area (TPSA) is 101 Å². The number of carboxylic acids is 1. The lowest BCUT2D eigenvalue weighted by Gasteiger charge is -2.20. The van der Waals surface area contributed by atoms with Gasteiger partial charge in [-0.15, -0.1) is 0 Å². The lowest BCUT2D eigenvalue weighted by Crippen LogP contribution is -2.49. The number of fused-ring (bicyclic) bond motifs is 1. The Balaban J connectivity index is 1.85. The van der Waals surface area contributed by atoms with Gasteiger partial charge in [-0.2, -0.15) is 4.72 Å². The molecule has 3 aromatic rings. The van der Waals surface area contributed by atoms with Gasteiger partial charge in [-0.25, -0.2) is 13.4 Å². The summed E-state index contributed by atoms with van der Waals surface area (Å²) in [5, 5.41) is 9.12. The molecule has 0 radical (unpaired) electrons. The summed E-state index contributed by atoms with van der Waals surface area (Å²) in [4.78, 5) is 15.7. The Hall–Kier alpha value is -2.71. The van der Waals surface area contributed by atoms with E-state index in [0.29, 0.717) is 6.54 Å². The molecule has 3 rings (SSSR count). The van der Waals surface area contributed by atoms with E-state index in [1.54, 1.807) is 12.1 Å². The highest BCUT2D eigenvalue weighted by atomic mass is 32.2. The third-order valence-electron chi connectivity index (χ3n) is 4.34. The molecule has 8 heteroatoms. The molecule has 0 spiro atoms. The number of imidazole rings is 1. The predicted molar refractivity (Wildman–Crippen MR) is 102 cm³/mol. The van der Waals surface area contributed by atoms with E-state index in [0.717, 1.165) is 22.4 Å². The minimum Gasteiger partial charge on any atom is -0.480 e. The van der Waals surface area contributed by atoms with Crippen molar-refractivity contribution in [2.45, 2.75) is 37.8 Å². The van der Waals surface area contributed by atoms with Crippen molar-refractivity contribution >= 4 is 27.0 Å². The van der Waals surface area contributed by atoms with E-state index >= 15 is 0 Å². The van der Waals surface area contributed by atoms with Crippen LogP contribution in [0.3, 0.4) is 0 Å². The summed E-state index contributed by atoms with van der Waals surface area (Å²) in [6.45, 7) is 5.08. The second-order valence-corrected chi connectivity index (χ2v) is 8.60. The first-order valence-corrected chi connectivity index (χ1v) is 9.87. The standard InChI is InChI=1S/C19H21N3O4S/c1-13-20-16-6-4-5-7-17(16)22(13)12-14-8-10-15(11-9-14)27(25,26)21-19(2,3)18(23)24/h4-11,21H,12H2,1-3H3,(H,23,24). The highest BCUT2D eigenvalue weighted by molar-refractivity contribution is 7.89. The molecule has 0 amide bonds. The van der Waals surface area contributed by atoms with Gasteiger partial charge < -0.3 is 9.67 Å². The van der Waals surface area contributed by atoms with Crippen molar-refractivity contribution in [3.8, 4) is 0 Å². The molecule has 7 nitrogen and oxygen atoms in total. The van der Waals surface area contributed by atoms with E-state index in [1.807, 2.05) is 31.2 Å². The molecule has 0 aliphatic rings. The quantitative estimate of drug-likeness (QED) is 0.677. The Labute approximate surface area is 157 Å². The maximum Gasteiger partial charge on any atom is 0.324 e. The van der Waals surface area contributed by atoms with Crippen molar-refractivity contribution in [2.75, 3.05) is 0 Å². The van der Waals surface area contributed by atoms with Crippen molar-refractivity contribution < 1.29 is 18.3 Å². The molecule has 0 saturated carbocycles. The molecule has 1 aromatic heterocycles. The highest BCUT2D eigenvalue weighted by Crippen LogP contribution is 2.19. The van der Waals surface area contributed by atoms with Crippen LogP contribution >= 0.6 is 0 Å². The fourth-order valence-electron chi connectivity index (χ4n) is 2.79. The lowest BCUT2D eigenvalue weighted by molar-refractivity contribution is -0.142. The number of nitrogens with zero attached hydrogens (tertiary/aromatic N) is 2. The summed E-state index contributed by atoms with van der Waals surface area (Å²) in [6, 6.07) is 14.2. The Morgan fingerprint density at radius 3 is 2.41 bits per heavy atom. The molecule has 0 aliphatic carbocycles. The Kier molecular flexibility index (Phi) is 4.79. The number of aromatic nitrogens is 2. The van der Waals surface area contributed by atoms with E-state index in [-0.39, 0.29) is 4.90 Å². The number of hydrogen-bond acceptors (Lipinski definition) is 4. The third kappa shape index (κ3) is 3.86. The van der Waals surface area contributed by atoms with Crippen molar-refractivity contribution in [1.29, 1.82) is 0 Å². The third-order valence-corrected chi connectivity index (χ3v) is 6.02. The molecular formula is C19H21N3O4S. The molecule has 0 saturated heterocycles. The van der Waals surface area contributed by atoms with E-state index in [1.165, 1.54) is 26.0 Å². The van der Waals surface area contributed by atoms with Gasteiger partial charge in [0, 0.05) is 6.54 Å². The van der Waals surface area contributed by atoms with Crippen LogP contribution in [-0.2, 0) is 21.4 Å². The maximum atomic E-state index is 12.4. The number of hydrogen-bond donors (Lipinski definition) is 2. The zero-order valence-electron chi connectivity index (χ0n) is 15.3. The van der Waals surface area contributed by atoms with Crippen LogP contribution in [0.25, 0.3) is 11.0 Å². The first kappa shape index (κ1) is 19.1. The molecule has 0 atom stereocenters. The number of aliphatic carboxylic acids is 1. The average molecular weight is 387 g/mol. The summed E-state index contributed by atoms with van der Waals surface area (Å²) in [5.74, 6) is -0.372. The molecule has 0 aliphatic heterocycles. The second-order valence-electron chi connectivity index (χ2n) is 6.91. The minimum atomic E-state index is -3.93. The monoisotopic (exact) mass is 387 g/mol. The van der Waals surface area contributed by atoms with Crippen LogP contribution in [0.2, 0.25) is 0 Å². The maximum absolute atomic E-state index is 12.4. The van der Waals surface area contributed by atoms with Gasteiger partial charge >= 0.3 is 5.97 Å². The van der Waals surface area contributed by atoms with Crippen LogP contribution < -0.4 is 4.72 Å². The Bertz CT molecular complexity index is 1100. The van der Waals surface area contributed by atoms with E-state index in [9.17, 15) is 13.2 Å². The number of sulfonamides is 1. The van der Waals surface area contributed by atoms with E-state index in [2.05, 4.69) is 14.3 Å².